The molecule has 0 fully saturated rings. The monoisotopic (exact) mass is 512 g/mol. The standard InChI is InChI=1S/C22H10Cl4F2N2O2/c23-14-9-15(19(31)10-1-5-12(27)6-2-10)30(22(14)26)18-16(24)21(25)29-17(18)20(32)11-3-7-13(28)8-4-11/h1-9,29H. The second kappa shape index (κ2) is 8.71. The summed E-state index contributed by atoms with van der Waals surface area (Å²) in [7, 11) is 0. The summed E-state index contributed by atoms with van der Waals surface area (Å²) in [5.41, 5.74) is 0.172. The van der Waals surface area contributed by atoms with Crippen molar-refractivity contribution >= 4 is 58.0 Å². The predicted octanol–water partition coefficient (Wildman–Crippen LogP) is 7.16. The molecule has 2 aromatic carbocycles. The Morgan fingerprint density at radius 2 is 1.28 bits per heavy atom. The Morgan fingerprint density at radius 3 is 1.81 bits per heavy atom. The van der Waals surface area contributed by atoms with Crippen LogP contribution in [0.1, 0.15) is 32.1 Å². The SMILES string of the molecule is O=C(c1ccc(F)cc1)c1[nH]c(Cl)c(Cl)c1-n1c(C(=O)c2ccc(F)cc2)cc(Cl)c1Cl. The van der Waals surface area contributed by atoms with Gasteiger partial charge in [-0.2, -0.15) is 0 Å². The van der Waals surface area contributed by atoms with E-state index in [1.165, 1.54) is 34.9 Å². The third kappa shape index (κ3) is 3.95. The maximum atomic E-state index is 13.3. The van der Waals surface area contributed by atoms with E-state index in [0.717, 1.165) is 24.3 Å². The van der Waals surface area contributed by atoms with Crippen LogP contribution in [0.3, 0.4) is 0 Å². The van der Waals surface area contributed by atoms with Crippen molar-refractivity contribution < 1.29 is 18.4 Å². The van der Waals surface area contributed by atoms with Gasteiger partial charge in [0, 0.05) is 11.1 Å². The third-order valence-electron chi connectivity index (χ3n) is 4.67. The van der Waals surface area contributed by atoms with Crippen molar-refractivity contribution in [3.05, 3.63) is 109 Å². The topological polar surface area (TPSA) is 54.9 Å². The lowest BCUT2D eigenvalue weighted by Crippen LogP contribution is -2.13. The van der Waals surface area contributed by atoms with Gasteiger partial charge in [0.15, 0.2) is 0 Å². The van der Waals surface area contributed by atoms with Gasteiger partial charge < -0.3 is 4.98 Å². The van der Waals surface area contributed by atoms with Crippen LogP contribution >= 0.6 is 46.4 Å². The zero-order valence-electron chi connectivity index (χ0n) is 15.7. The first-order valence-electron chi connectivity index (χ1n) is 8.93. The van der Waals surface area contributed by atoms with Crippen LogP contribution in [0, 0.1) is 11.6 Å². The van der Waals surface area contributed by atoms with E-state index >= 15 is 0 Å². The largest absolute Gasteiger partial charge is 0.340 e. The Labute approximate surface area is 200 Å². The lowest BCUT2D eigenvalue weighted by molar-refractivity contribution is 0.102. The molecule has 0 atom stereocenters. The molecule has 0 aliphatic rings. The van der Waals surface area contributed by atoms with E-state index in [1.54, 1.807) is 0 Å². The van der Waals surface area contributed by atoms with Gasteiger partial charge in [0.1, 0.15) is 32.7 Å². The summed E-state index contributed by atoms with van der Waals surface area (Å²) < 4.78 is 27.8. The van der Waals surface area contributed by atoms with E-state index in [2.05, 4.69) is 4.98 Å². The van der Waals surface area contributed by atoms with Gasteiger partial charge in [-0.1, -0.05) is 46.4 Å². The van der Waals surface area contributed by atoms with Gasteiger partial charge in [-0.3, -0.25) is 14.2 Å². The van der Waals surface area contributed by atoms with Crippen LogP contribution in [0.2, 0.25) is 20.4 Å². The number of hydrogen-bond donors (Lipinski definition) is 1. The number of aromatic amines is 1. The minimum atomic E-state index is -0.574. The Kier molecular flexibility index (Phi) is 6.14. The number of rotatable bonds is 5. The van der Waals surface area contributed by atoms with E-state index in [1.807, 2.05) is 0 Å². The van der Waals surface area contributed by atoms with Crippen LogP contribution in [0.5, 0.6) is 0 Å². The van der Waals surface area contributed by atoms with E-state index in [4.69, 9.17) is 46.4 Å². The molecular formula is C22H10Cl4F2N2O2. The van der Waals surface area contributed by atoms with Crippen LogP contribution in [-0.4, -0.2) is 21.1 Å². The van der Waals surface area contributed by atoms with Gasteiger partial charge in [-0.25, -0.2) is 8.78 Å². The maximum absolute atomic E-state index is 13.3. The number of hydrogen-bond acceptors (Lipinski definition) is 2. The molecule has 2 aromatic heterocycles. The van der Waals surface area contributed by atoms with Crippen LogP contribution in [-0.2, 0) is 0 Å². The fraction of sp³-hybridized carbons (Fsp3) is 0. The van der Waals surface area contributed by atoms with Gasteiger partial charge in [0.25, 0.3) is 0 Å². The highest BCUT2D eigenvalue weighted by Gasteiger charge is 2.29. The molecule has 4 aromatic rings. The molecule has 32 heavy (non-hydrogen) atoms. The van der Waals surface area contributed by atoms with Gasteiger partial charge >= 0.3 is 0 Å². The van der Waals surface area contributed by atoms with Gasteiger partial charge in [-0.05, 0) is 54.6 Å². The number of nitrogens with zero attached hydrogens (tertiary/aromatic N) is 1. The first-order chi connectivity index (χ1) is 15.2. The lowest BCUT2D eigenvalue weighted by Gasteiger charge is -2.12. The number of benzene rings is 2. The van der Waals surface area contributed by atoms with Gasteiger partial charge in [0.05, 0.1) is 16.4 Å². The number of nitrogens with one attached hydrogen (secondary N) is 1. The molecule has 0 spiro atoms. The minimum absolute atomic E-state index is 0.00615. The summed E-state index contributed by atoms with van der Waals surface area (Å²) in [5.74, 6) is -2.15. The van der Waals surface area contributed by atoms with Gasteiger partial charge in [0.2, 0.25) is 11.6 Å². The van der Waals surface area contributed by atoms with Crippen LogP contribution < -0.4 is 0 Å². The number of aromatic nitrogens is 2. The molecule has 4 nitrogen and oxygen atoms in total. The van der Waals surface area contributed by atoms with Crippen molar-refractivity contribution in [1.82, 2.24) is 9.55 Å². The molecule has 10 heteroatoms. The Hall–Kier alpha value is -2.64. The minimum Gasteiger partial charge on any atom is -0.340 e. The van der Waals surface area contributed by atoms with Crippen LogP contribution in [0.15, 0.2) is 54.6 Å². The number of carbonyl (C=O) groups excluding carboxylic acids is 2. The first kappa shape index (κ1) is 22.6. The summed E-state index contributed by atoms with van der Waals surface area (Å²) in [6.45, 7) is 0. The third-order valence-corrected chi connectivity index (χ3v) is 6.17. The van der Waals surface area contributed by atoms with Crippen molar-refractivity contribution in [2.75, 3.05) is 0 Å². The molecule has 0 amide bonds. The molecule has 0 aliphatic heterocycles. The molecule has 0 saturated carbocycles. The van der Waals surface area contributed by atoms with Gasteiger partial charge in [-0.15, -0.1) is 0 Å². The van der Waals surface area contributed by atoms with Crippen molar-refractivity contribution in [2.24, 2.45) is 0 Å². The number of H-pyrrole nitrogens is 1. The molecule has 162 valence electrons. The molecule has 4 rings (SSSR count). The molecule has 0 unspecified atom stereocenters. The highest BCUT2D eigenvalue weighted by molar-refractivity contribution is 6.45. The number of halogens is 6. The van der Waals surface area contributed by atoms with E-state index in [9.17, 15) is 18.4 Å². The van der Waals surface area contributed by atoms with Crippen molar-refractivity contribution in [3.63, 3.8) is 0 Å². The summed E-state index contributed by atoms with van der Waals surface area (Å²) in [6.07, 6.45) is 0. The molecule has 0 radical (unpaired) electrons. The molecule has 0 aliphatic carbocycles. The normalized spacial score (nSPS) is 11.1. The second-order valence-corrected chi connectivity index (χ2v) is 8.17. The number of carbonyl (C=O) groups is 2. The van der Waals surface area contributed by atoms with Crippen molar-refractivity contribution in [2.45, 2.75) is 0 Å². The van der Waals surface area contributed by atoms with Crippen molar-refractivity contribution in [1.29, 1.82) is 0 Å². The average Bonchev–Trinajstić information content (AvgIpc) is 3.23. The fourth-order valence-electron chi connectivity index (χ4n) is 3.15. The Morgan fingerprint density at radius 1 is 0.781 bits per heavy atom. The summed E-state index contributed by atoms with van der Waals surface area (Å²) in [6, 6.07) is 11.0. The van der Waals surface area contributed by atoms with E-state index in [0.29, 0.717) is 0 Å². The smallest absolute Gasteiger partial charge is 0.211 e. The summed E-state index contributed by atoms with van der Waals surface area (Å²) in [5, 5.41) is -0.235. The van der Waals surface area contributed by atoms with Crippen molar-refractivity contribution in [3.8, 4) is 5.69 Å². The lowest BCUT2D eigenvalue weighted by atomic mass is 10.1. The zero-order valence-corrected chi connectivity index (χ0v) is 18.8. The van der Waals surface area contributed by atoms with Crippen LogP contribution in [0.25, 0.3) is 5.69 Å². The summed E-state index contributed by atoms with van der Waals surface area (Å²) >= 11 is 25.1. The Balaban J connectivity index is 1.91. The highest BCUT2D eigenvalue weighted by atomic mass is 35.5. The Bertz CT molecular complexity index is 1250. The molecule has 2 heterocycles. The first-order valence-corrected chi connectivity index (χ1v) is 10.4. The quantitative estimate of drug-likeness (QED) is 0.288. The van der Waals surface area contributed by atoms with E-state index in [-0.39, 0.29) is 48.6 Å². The second-order valence-electron chi connectivity index (χ2n) is 6.65. The zero-order chi connectivity index (χ0) is 23.2. The molecule has 0 bridgehead atoms. The highest BCUT2D eigenvalue weighted by Crippen LogP contribution is 2.39. The van der Waals surface area contributed by atoms with E-state index < -0.39 is 23.2 Å². The average molecular weight is 514 g/mol. The molecular weight excluding hydrogens is 504 g/mol. The maximum Gasteiger partial charge on any atom is 0.211 e. The summed E-state index contributed by atoms with van der Waals surface area (Å²) in [4.78, 5) is 29.0. The fourth-order valence-corrected chi connectivity index (χ4v) is 3.98. The predicted molar refractivity (Wildman–Crippen MR) is 120 cm³/mol. The number of ketones is 2. The molecule has 0 saturated heterocycles. The molecule has 1 N–H and O–H groups in total. The van der Waals surface area contributed by atoms with Crippen LogP contribution in [0.4, 0.5) is 8.78 Å².